The number of carbonyl (C=O) groups excluding carboxylic acids is 2. The van der Waals surface area contributed by atoms with Crippen LogP contribution in [-0.2, 0) is 9.53 Å². The van der Waals surface area contributed by atoms with Gasteiger partial charge in [0.25, 0.3) is 0 Å². The first-order valence-electron chi connectivity index (χ1n) is 6.15. The lowest BCUT2D eigenvalue weighted by Gasteiger charge is -2.14. The van der Waals surface area contributed by atoms with Crippen LogP contribution in [0.25, 0.3) is 0 Å². The average Bonchev–Trinajstić information content (AvgIpc) is 2.42. The van der Waals surface area contributed by atoms with Crippen LogP contribution in [0.2, 0.25) is 5.02 Å². The number of allylic oxidation sites excluding steroid dienone is 1. The number of halogens is 1. The first kappa shape index (κ1) is 16.2. The number of hydrogen-bond acceptors (Lipinski definition) is 4. The summed E-state index contributed by atoms with van der Waals surface area (Å²) in [5.74, 6) is -0.475. The third-order valence-corrected chi connectivity index (χ3v) is 3.34. The lowest BCUT2D eigenvalue weighted by molar-refractivity contribution is -0.134. The van der Waals surface area contributed by atoms with Crippen molar-refractivity contribution in [1.29, 1.82) is 0 Å². The molecule has 1 aromatic carbocycles. The summed E-state index contributed by atoms with van der Waals surface area (Å²) >= 11 is 6.17. The summed E-state index contributed by atoms with van der Waals surface area (Å²) in [4.78, 5) is 23.3. The Balaban J connectivity index is 3.27. The number of esters is 1. The van der Waals surface area contributed by atoms with Crippen LogP contribution in [0.15, 0.2) is 18.2 Å². The number of hydrogen-bond donors (Lipinski definition) is 0. The maximum Gasteiger partial charge on any atom is 0.330 e. The zero-order valence-electron chi connectivity index (χ0n) is 12.0. The first-order valence-corrected chi connectivity index (χ1v) is 6.53. The van der Waals surface area contributed by atoms with E-state index in [4.69, 9.17) is 16.3 Å². The van der Waals surface area contributed by atoms with Crippen molar-refractivity contribution in [3.8, 4) is 5.75 Å². The van der Waals surface area contributed by atoms with E-state index in [1.807, 2.05) is 13.8 Å². The molecule has 20 heavy (non-hydrogen) atoms. The van der Waals surface area contributed by atoms with Crippen LogP contribution in [0, 0.1) is 13.8 Å². The van der Waals surface area contributed by atoms with Gasteiger partial charge in [0.1, 0.15) is 5.75 Å². The summed E-state index contributed by atoms with van der Waals surface area (Å²) in [6.45, 7) is 5.85. The number of ether oxygens (including phenoxy) is 2. The highest BCUT2D eigenvalue weighted by Gasteiger charge is 2.18. The van der Waals surface area contributed by atoms with Gasteiger partial charge in [-0.05, 0) is 44.0 Å². The summed E-state index contributed by atoms with van der Waals surface area (Å²) in [5, 5.41) is 0.517. The molecule has 0 aromatic heterocycles. The van der Waals surface area contributed by atoms with Crippen molar-refractivity contribution in [1.82, 2.24) is 0 Å². The van der Waals surface area contributed by atoms with Crippen molar-refractivity contribution in [2.45, 2.75) is 20.8 Å². The average molecular weight is 297 g/mol. The maximum atomic E-state index is 12.2. The molecule has 0 saturated heterocycles. The Morgan fingerprint density at radius 1 is 1.30 bits per heavy atom. The minimum atomic E-state index is -0.591. The van der Waals surface area contributed by atoms with Crippen molar-refractivity contribution < 1.29 is 19.1 Å². The van der Waals surface area contributed by atoms with Gasteiger partial charge in [-0.1, -0.05) is 11.6 Å². The van der Waals surface area contributed by atoms with E-state index in [-0.39, 0.29) is 5.78 Å². The predicted molar refractivity (Wildman–Crippen MR) is 77.6 cm³/mol. The SMILES string of the molecule is CCOc1cc(C)c(Cl)c(C)c1C(=O)/C=C/C(=O)OC. The molecule has 0 aliphatic heterocycles. The summed E-state index contributed by atoms with van der Waals surface area (Å²) in [6, 6.07) is 1.72. The number of ketones is 1. The van der Waals surface area contributed by atoms with E-state index in [1.54, 1.807) is 13.0 Å². The number of benzene rings is 1. The minimum absolute atomic E-state index is 0.349. The fourth-order valence-electron chi connectivity index (χ4n) is 1.79. The van der Waals surface area contributed by atoms with Crippen LogP contribution < -0.4 is 4.74 Å². The minimum Gasteiger partial charge on any atom is -0.493 e. The fourth-order valence-corrected chi connectivity index (χ4v) is 1.94. The van der Waals surface area contributed by atoms with E-state index in [0.29, 0.717) is 28.5 Å². The molecule has 0 fully saturated rings. The Morgan fingerprint density at radius 3 is 2.50 bits per heavy atom. The van der Waals surface area contributed by atoms with E-state index in [9.17, 15) is 9.59 Å². The molecule has 0 bridgehead atoms. The van der Waals surface area contributed by atoms with Crippen LogP contribution in [0.5, 0.6) is 5.75 Å². The summed E-state index contributed by atoms with van der Waals surface area (Å²) < 4.78 is 9.93. The number of carbonyl (C=O) groups is 2. The Morgan fingerprint density at radius 2 is 1.95 bits per heavy atom. The molecule has 0 aliphatic rings. The fraction of sp³-hybridized carbons (Fsp3) is 0.333. The van der Waals surface area contributed by atoms with Gasteiger partial charge in [0.2, 0.25) is 0 Å². The third kappa shape index (κ3) is 3.61. The van der Waals surface area contributed by atoms with E-state index in [2.05, 4.69) is 4.74 Å². The van der Waals surface area contributed by atoms with Gasteiger partial charge < -0.3 is 9.47 Å². The monoisotopic (exact) mass is 296 g/mol. The molecular weight excluding hydrogens is 280 g/mol. The molecule has 108 valence electrons. The van der Waals surface area contributed by atoms with Crippen LogP contribution in [0.1, 0.15) is 28.4 Å². The molecule has 5 heteroatoms. The summed E-state index contributed by atoms with van der Waals surface area (Å²) in [6.07, 6.45) is 2.23. The molecular formula is C15H17ClO4. The molecule has 1 rings (SSSR count). The second-order valence-corrected chi connectivity index (χ2v) is 4.54. The van der Waals surface area contributed by atoms with Crippen molar-refractivity contribution in [3.05, 3.63) is 39.9 Å². The van der Waals surface area contributed by atoms with Crippen molar-refractivity contribution >= 4 is 23.4 Å². The molecule has 0 radical (unpaired) electrons. The Bertz CT molecular complexity index is 561. The normalized spacial score (nSPS) is 10.7. The molecule has 0 saturated carbocycles. The molecule has 0 atom stereocenters. The van der Waals surface area contributed by atoms with Crippen LogP contribution in [0.4, 0.5) is 0 Å². The zero-order valence-corrected chi connectivity index (χ0v) is 12.7. The highest BCUT2D eigenvalue weighted by atomic mass is 35.5. The third-order valence-electron chi connectivity index (χ3n) is 2.76. The van der Waals surface area contributed by atoms with Gasteiger partial charge in [-0.3, -0.25) is 4.79 Å². The van der Waals surface area contributed by atoms with Gasteiger partial charge in [0.05, 0.1) is 19.3 Å². The smallest absolute Gasteiger partial charge is 0.330 e. The number of methoxy groups -OCH3 is 1. The summed E-state index contributed by atoms with van der Waals surface area (Å²) in [7, 11) is 1.25. The van der Waals surface area contributed by atoms with Gasteiger partial charge in [-0.15, -0.1) is 0 Å². The molecule has 0 aliphatic carbocycles. The predicted octanol–water partition coefficient (Wildman–Crippen LogP) is 3.27. The van der Waals surface area contributed by atoms with Crippen molar-refractivity contribution in [2.24, 2.45) is 0 Å². The van der Waals surface area contributed by atoms with E-state index in [0.717, 1.165) is 17.7 Å². The largest absolute Gasteiger partial charge is 0.493 e. The molecule has 1 aromatic rings. The Hall–Kier alpha value is -1.81. The van der Waals surface area contributed by atoms with Crippen LogP contribution >= 0.6 is 11.6 Å². The number of rotatable bonds is 5. The van der Waals surface area contributed by atoms with Crippen LogP contribution in [0.3, 0.4) is 0 Å². The van der Waals surface area contributed by atoms with Crippen LogP contribution in [-0.4, -0.2) is 25.5 Å². The standard InChI is InChI=1S/C15H17ClO4/c1-5-20-12-8-9(2)15(16)10(3)14(12)11(17)6-7-13(18)19-4/h6-8H,5H2,1-4H3/b7-6+. The van der Waals surface area contributed by atoms with Crippen molar-refractivity contribution in [2.75, 3.05) is 13.7 Å². The lowest BCUT2D eigenvalue weighted by Crippen LogP contribution is -2.06. The lowest BCUT2D eigenvalue weighted by atomic mass is 10.00. The molecule has 4 nitrogen and oxygen atoms in total. The Kier molecular flexibility index (Phi) is 5.77. The molecule has 0 amide bonds. The van der Waals surface area contributed by atoms with Gasteiger partial charge in [-0.25, -0.2) is 4.79 Å². The van der Waals surface area contributed by atoms with E-state index in [1.165, 1.54) is 7.11 Å². The van der Waals surface area contributed by atoms with Crippen molar-refractivity contribution in [3.63, 3.8) is 0 Å². The topological polar surface area (TPSA) is 52.6 Å². The first-order chi connectivity index (χ1) is 9.42. The second kappa shape index (κ2) is 7.10. The second-order valence-electron chi connectivity index (χ2n) is 4.16. The molecule has 0 unspecified atom stereocenters. The highest BCUT2D eigenvalue weighted by molar-refractivity contribution is 6.33. The summed E-state index contributed by atoms with van der Waals surface area (Å²) in [5.41, 5.74) is 1.83. The number of aryl methyl sites for hydroxylation is 1. The maximum absolute atomic E-state index is 12.2. The molecule has 0 spiro atoms. The molecule has 0 N–H and O–H groups in total. The van der Waals surface area contributed by atoms with Gasteiger partial charge in [0.15, 0.2) is 5.78 Å². The molecule has 0 heterocycles. The quantitative estimate of drug-likeness (QED) is 0.475. The highest BCUT2D eigenvalue weighted by Crippen LogP contribution is 2.32. The van der Waals surface area contributed by atoms with E-state index >= 15 is 0 Å². The van der Waals surface area contributed by atoms with Gasteiger partial charge >= 0.3 is 5.97 Å². The van der Waals surface area contributed by atoms with E-state index < -0.39 is 5.97 Å². The Labute approximate surface area is 123 Å². The van der Waals surface area contributed by atoms with Gasteiger partial charge in [0, 0.05) is 11.1 Å². The van der Waals surface area contributed by atoms with Gasteiger partial charge in [-0.2, -0.15) is 0 Å². The zero-order chi connectivity index (χ0) is 15.3.